The van der Waals surface area contributed by atoms with Gasteiger partial charge in [0.15, 0.2) is 0 Å². The lowest BCUT2D eigenvalue weighted by Gasteiger charge is -2.38. The zero-order valence-corrected chi connectivity index (χ0v) is 18.8. The van der Waals surface area contributed by atoms with Gasteiger partial charge in [-0.1, -0.05) is 32.4 Å². The van der Waals surface area contributed by atoms with E-state index in [0.29, 0.717) is 6.04 Å². The smallest absolute Gasteiger partial charge is 0.0478 e. The van der Waals surface area contributed by atoms with Crippen molar-refractivity contribution < 1.29 is 4.74 Å². The molecule has 0 radical (unpaired) electrons. The fourth-order valence-electron chi connectivity index (χ4n) is 3.69. The molecule has 1 aliphatic rings. The Labute approximate surface area is 173 Å². The molecule has 1 aromatic carbocycles. The van der Waals surface area contributed by atoms with Gasteiger partial charge in [-0.05, 0) is 63.3 Å². The third-order valence-corrected chi connectivity index (χ3v) is 6.00. The van der Waals surface area contributed by atoms with Crippen molar-refractivity contribution in [3.8, 4) is 0 Å². The Hall–Kier alpha value is -1.10. The minimum Gasteiger partial charge on any atom is -0.381 e. The van der Waals surface area contributed by atoms with Crippen LogP contribution in [0.1, 0.15) is 58.9 Å². The standard InChI is InChI=1S/C24H43N3O/c1-5-22(4)8-6-18-28-19-7-13-25-20-23-9-11-24(12-10-23)27-16-14-26(15-17-27)21(2)3/h9-12,21-22,25H,5-8,13-20H2,1-4H3. The number of hydrogen-bond donors (Lipinski definition) is 1. The largest absolute Gasteiger partial charge is 0.381 e. The van der Waals surface area contributed by atoms with Gasteiger partial charge in [0.1, 0.15) is 0 Å². The summed E-state index contributed by atoms with van der Waals surface area (Å²) < 4.78 is 5.74. The minimum absolute atomic E-state index is 0.658. The second-order valence-electron chi connectivity index (χ2n) is 8.58. The van der Waals surface area contributed by atoms with E-state index in [1.54, 1.807) is 0 Å². The summed E-state index contributed by atoms with van der Waals surface area (Å²) in [6.45, 7) is 17.5. The lowest BCUT2D eigenvalue weighted by Crippen LogP contribution is -2.48. The van der Waals surface area contributed by atoms with Crippen molar-refractivity contribution in [2.45, 2.75) is 66.0 Å². The van der Waals surface area contributed by atoms with Crippen LogP contribution in [-0.2, 0) is 11.3 Å². The van der Waals surface area contributed by atoms with Crippen molar-refractivity contribution >= 4 is 5.69 Å². The first-order chi connectivity index (χ1) is 13.6. The number of piperazine rings is 1. The molecule has 1 atom stereocenters. The molecule has 1 aromatic rings. The summed E-state index contributed by atoms with van der Waals surface area (Å²) in [6.07, 6.45) is 4.85. The van der Waals surface area contributed by atoms with E-state index in [4.69, 9.17) is 4.74 Å². The van der Waals surface area contributed by atoms with Crippen molar-refractivity contribution in [2.75, 3.05) is 50.8 Å². The van der Waals surface area contributed by atoms with Crippen molar-refractivity contribution in [2.24, 2.45) is 5.92 Å². The Kier molecular flexibility index (Phi) is 10.9. The molecule has 28 heavy (non-hydrogen) atoms. The van der Waals surface area contributed by atoms with Gasteiger partial charge in [0.25, 0.3) is 0 Å². The van der Waals surface area contributed by atoms with Gasteiger partial charge in [-0.3, -0.25) is 4.90 Å². The van der Waals surface area contributed by atoms with Gasteiger partial charge < -0.3 is 15.0 Å². The van der Waals surface area contributed by atoms with Crippen molar-refractivity contribution in [3.05, 3.63) is 29.8 Å². The topological polar surface area (TPSA) is 27.7 Å². The van der Waals surface area contributed by atoms with Crippen LogP contribution >= 0.6 is 0 Å². The first-order valence-electron chi connectivity index (χ1n) is 11.5. The maximum absolute atomic E-state index is 5.74. The molecule has 0 saturated carbocycles. The van der Waals surface area contributed by atoms with Gasteiger partial charge in [-0.2, -0.15) is 0 Å². The van der Waals surface area contributed by atoms with Gasteiger partial charge in [0.05, 0.1) is 0 Å². The van der Waals surface area contributed by atoms with Crippen molar-refractivity contribution in [3.63, 3.8) is 0 Å². The minimum atomic E-state index is 0.658. The van der Waals surface area contributed by atoms with Crippen LogP contribution in [0.5, 0.6) is 0 Å². The van der Waals surface area contributed by atoms with E-state index in [-0.39, 0.29) is 0 Å². The zero-order chi connectivity index (χ0) is 20.2. The van der Waals surface area contributed by atoms with Gasteiger partial charge in [0.2, 0.25) is 0 Å². The first kappa shape index (κ1) is 23.2. The Morgan fingerprint density at radius 2 is 1.64 bits per heavy atom. The molecular formula is C24H43N3O. The molecule has 1 unspecified atom stereocenters. The fraction of sp³-hybridized carbons (Fsp3) is 0.750. The average Bonchev–Trinajstić information content (AvgIpc) is 2.72. The second kappa shape index (κ2) is 13.2. The van der Waals surface area contributed by atoms with Crippen LogP contribution in [-0.4, -0.2) is 56.9 Å². The SMILES string of the molecule is CCC(C)CCCOCCCNCc1ccc(N2CCN(C(C)C)CC2)cc1. The Bertz CT molecular complexity index is 509. The summed E-state index contributed by atoms with van der Waals surface area (Å²) in [6, 6.07) is 9.75. The molecule has 4 nitrogen and oxygen atoms in total. The lowest BCUT2D eigenvalue weighted by atomic mass is 10.0. The molecule has 0 bridgehead atoms. The predicted molar refractivity (Wildman–Crippen MR) is 121 cm³/mol. The average molecular weight is 390 g/mol. The summed E-state index contributed by atoms with van der Waals surface area (Å²) in [5, 5.41) is 3.54. The molecule has 1 saturated heterocycles. The van der Waals surface area contributed by atoms with Crippen LogP contribution in [0.15, 0.2) is 24.3 Å². The maximum atomic E-state index is 5.74. The van der Waals surface area contributed by atoms with Crippen LogP contribution in [0.4, 0.5) is 5.69 Å². The maximum Gasteiger partial charge on any atom is 0.0478 e. The zero-order valence-electron chi connectivity index (χ0n) is 18.8. The number of benzene rings is 1. The fourth-order valence-corrected chi connectivity index (χ4v) is 3.69. The second-order valence-corrected chi connectivity index (χ2v) is 8.58. The Balaban J connectivity index is 1.53. The number of nitrogens with one attached hydrogen (secondary N) is 1. The molecule has 1 aliphatic heterocycles. The highest BCUT2D eigenvalue weighted by Gasteiger charge is 2.18. The van der Waals surface area contributed by atoms with E-state index in [9.17, 15) is 0 Å². The van der Waals surface area contributed by atoms with E-state index in [2.05, 4.69) is 67.1 Å². The van der Waals surface area contributed by atoms with Gasteiger partial charge in [-0.25, -0.2) is 0 Å². The van der Waals surface area contributed by atoms with E-state index >= 15 is 0 Å². The molecule has 0 aromatic heterocycles. The number of rotatable bonds is 13. The summed E-state index contributed by atoms with van der Waals surface area (Å²) in [5.74, 6) is 0.835. The number of anilines is 1. The molecule has 0 amide bonds. The van der Waals surface area contributed by atoms with Crippen LogP contribution in [0.3, 0.4) is 0 Å². The highest BCUT2D eigenvalue weighted by atomic mass is 16.5. The van der Waals surface area contributed by atoms with Crippen molar-refractivity contribution in [1.29, 1.82) is 0 Å². The first-order valence-corrected chi connectivity index (χ1v) is 11.5. The molecule has 160 valence electrons. The normalized spacial score (nSPS) is 16.7. The molecule has 1 heterocycles. The third kappa shape index (κ3) is 8.50. The van der Waals surface area contributed by atoms with Crippen LogP contribution < -0.4 is 10.2 Å². The van der Waals surface area contributed by atoms with Crippen molar-refractivity contribution in [1.82, 2.24) is 10.2 Å². The highest BCUT2D eigenvalue weighted by Crippen LogP contribution is 2.18. The Morgan fingerprint density at radius 3 is 2.29 bits per heavy atom. The quantitative estimate of drug-likeness (QED) is 0.501. The van der Waals surface area contributed by atoms with Gasteiger partial charge >= 0.3 is 0 Å². The lowest BCUT2D eigenvalue weighted by molar-refractivity contribution is 0.124. The molecule has 4 heteroatoms. The van der Waals surface area contributed by atoms with E-state index in [1.807, 2.05) is 0 Å². The number of ether oxygens (including phenoxy) is 1. The van der Waals surface area contributed by atoms with Crippen LogP contribution in [0.2, 0.25) is 0 Å². The summed E-state index contributed by atoms with van der Waals surface area (Å²) in [5.41, 5.74) is 2.72. The summed E-state index contributed by atoms with van der Waals surface area (Å²) in [7, 11) is 0. The van der Waals surface area contributed by atoms with Crippen LogP contribution in [0.25, 0.3) is 0 Å². The molecule has 2 rings (SSSR count). The predicted octanol–water partition coefficient (Wildman–Crippen LogP) is 4.54. The van der Waals surface area contributed by atoms with E-state index in [0.717, 1.165) is 51.7 Å². The summed E-state index contributed by atoms with van der Waals surface area (Å²) >= 11 is 0. The van der Waals surface area contributed by atoms with E-state index < -0.39 is 0 Å². The van der Waals surface area contributed by atoms with E-state index in [1.165, 1.54) is 43.6 Å². The van der Waals surface area contributed by atoms with Crippen LogP contribution in [0, 0.1) is 5.92 Å². The molecule has 1 N–H and O–H groups in total. The molecular weight excluding hydrogens is 346 g/mol. The monoisotopic (exact) mass is 389 g/mol. The summed E-state index contributed by atoms with van der Waals surface area (Å²) in [4.78, 5) is 5.07. The Morgan fingerprint density at radius 1 is 0.964 bits per heavy atom. The van der Waals surface area contributed by atoms with Gasteiger partial charge in [0, 0.05) is 57.7 Å². The third-order valence-electron chi connectivity index (χ3n) is 6.00. The molecule has 0 aliphatic carbocycles. The number of hydrogen-bond acceptors (Lipinski definition) is 4. The molecule has 1 fully saturated rings. The molecule has 0 spiro atoms. The highest BCUT2D eigenvalue weighted by molar-refractivity contribution is 5.48. The number of nitrogens with zero attached hydrogens (tertiary/aromatic N) is 2. The van der Waals surface area contributed by atoms with Gasteiger partial charge in [-0.15, -0.1) is 0 Å².